The Bertz CT molecular complexity index is 1230. The van der Waals surface area contributed by atoms with Crippen LogP contribution in [0.1, 0.15) is 101 Å². The van der Waals surface area contributed by atoms with E-state index < -0.39 is 0 Å². The Balaban J connectivity index is 0.000000468. The normalized spacial score (nSPS) is 11.4. The number of nitrogens with zero attached hydrogens (tertiary/aromatic N) is 3. The van der Waals surface area contributed by atoms with Gasteiger partial charge in [0.1, 0.15) is 0 Å². The molecule has 5 heteroatoms. The van der Waals surface area contributed by atoms with Crippen LogP contribution in [0.15, 0.2) is 67.1 Å². The molecule has 3 nitrogen and oxygen atoms in total. The van der Waals surface area contributed by atoms with E-state index in [1.807, 2.05) is 0 Å². The molecular formula is C32H39ClN3Pd-. The van der Waals surface area contributed by atoms with Crippen LogP contribution in [-0.2, 0) is 18.7 Å². The monoisotopic (exact) mass is 606 g/mol. The third-order valence-electron chi connectivity index (χ3n) is 6.47. The fourth-order valence-corrected chi connectivity index (χ4v) is 5.27. The SMILES string of the molecule is CC(C)c1cccc(C(C)C)c1-n1ccn(-c2c(C(C)C)cccc2C(C)C)[c]1=[Pd].Clc1[c-]nccc1. The Kier molecular flexibility index (Phi) is 10.3. The van der Waals surface area contributed by atoms with Crippen molar-refractivity contribution in [1.82, 2.24) is 14.1 Å². The molecule has 0 saturated heterocycles. The minimum Gasteiger partial charge on any atom is -0.393 e. The average Bonchev–Trinajstić information content (AvgIpc) is 3.24. The Morgan fingerprint density at radius 3 is 1.27 bits per heavy atom. The van der Waals surface area contributed by atoms with E-state index in [1.165, 1.54) is 33.6 Å². The zero-order valence-corrected chi connectivity index (χ0v) is 25.5. The van der Waals surface area contributed by atoms with Gasteiger partial charge in [0.2, 0.25) is 0 Å². The molecule has 0 saturated carbocycles. The van der Waals surface area contributed by atoms with Crippen LogP contribution < -0.4 is 0 Å². The third-order valence-corrected chi connectivity index (χ3v) is 7.43. The summed E-state index contributed by atoms with van der Waals surface area (Å²) in [5.74, 6) is 1.83. The minimum absolute atomic E-state index is 0.458. The van der Waals surface area contributed by atoms with Gasteiger partial charge in [-0.15, -0.1) is 17.7 Å². The number of para-hydroxylation sites is 2. The summed E-state index contributed by atoms with van der Waals surface area (Å²) in [5.41, 5.74) is 8.18. The number of hydrogen-bond donors (Lipinski definition) is 0. The number of aromatic nitrogens is 3. The molecule has 2 aromatic carbocycles. The molecule has 0 N–H and O–H groups in total. The van der Waals surface area contributed by atoms with E-state index in [1.54, 1.807) is 18.3 Å². The molecule has 0 radical (unpaired) electrons. The summed E-state index contributed by atoms with van der Waals surface area (Å²) in [6, 6.07) is 17.0. The molecule has 2 aromatic heterocycles. The van der Waals surface area contributed by atoms with Gasteiger partial charge in [0, 0.05) is 0 Å². The topological polar surface area (TPSA) is 22.8 Å². The van der Waals surface area contributed by atoms with Crippen LogP contribution in [0, 0.1) is 10.1 Å². The fraction of sp³-hybridized carbons (Fsp3) is 0.375. The summed E-state index contributed by atoms with van der Waals surface area (Å²) in [6.45, 7) is 18.2. The van der Waals surface area contributed by atoms with Crippen molar-refractivity contribution in [3.8, 4) is 11.4 Å². The van der Waals surface area contributed by atoms with Gasteiger partial charge < -0.3 is 4.98 Å². The van der Waals surface area contributed by atoms with Gasteiger partial charge in [0.15, 0.2) is 0 Å². The zero-order valence-electron chi connectivity index (χ0n) is 23.2. The maximum absolute atomic E-state index is 5.42. The summed E-state index contributed by atoms with van der Waals surface area (Å²) < 4.78 is 5.78. The predicted octanol–water partition coefficient (Wildman–Crippen LogP) is 9.38. The molecule has 0 aliphatic rings. The molecular weight excluding hydrogens is 568 g/mol. The Labute approximate surface area is 238 Å². The molecule has 0 bridgehead atoms. The molecule has 4 aromatic rings. The van der Waals surface area contributed by atoms with Crippen molar-refractivity contribution in [3.05, 3.63) is 104 Å². The van der Waals surface area contributed by atoms with Gasteiger partial charge in [-0.3, -0.25) is 0 Å². The zero-order chi connectivity index (χ0) is 27.3. The van der Waals surface area contributed by atoms with Crippen LogP contribution in [0.25, 0.3) is 11.4 Å². The Morgan fingerprint density at radius 1 is 0.649 bits per heavy atom. The largest absolute Gasteiger partial charge is 0.393 e. The van der Waals surface area contributed by atoms with Crippen molar-refractivity contribution in [2.45, 2.75) is 79.1 Å². The quantitative estimate of drug-likeness (QED) is 0.158. The first-order chi connectivity index (χ1) is 17.5. The smallest absolute Gasteiger partial charge is 0.0535 e. The van der Waals surface area contributed by atoms with Crippen LogP contribution in [0.4, 0.5) is 0 Å². The molecule has 0 fully saturated rings. The predicted molar refractivity (Wildman–Crippen MR) is 153 cm³/mol. The summed E-state index contributed by atoms with van der Waals surface area (Å²) >= 11 is 9.06. The molecule has 37 heavy (non-hydrogen) atoms. The molecule has 0 spiro atoms. The number of hydrogen-bond acceptors (Lipinski definition) is 1. The van der Waals surface area contributed by atoms with Gasteiger partial charge >= 0.3 is 193 Å². The molecule has 0 atom stereocenters. The molecule has 0 unspecified atom stereocenters. The summed E-state index contributed by atoms with van der Waals surface area (Å²) in [7, 11) is 0. The van der Waals surface area contributed by atoms with Crippen LogP contribution in [0.5, 0.6) is 0 Å². The van der Waals surface area contributed by atoms with Gasteiger partial charge in [-0.25, -0.2) is 0 Å². The Morgan fingerprint density at radius 2 is 1.03 bits per heavy atom. The van der Waals surface area contributed by atoms with Crippen molar-refractivity contribution in [1.29, 1.82) is 0 Å². The van der Waals surface area contributed by atoms with Crippen molar-refractivity contribution < 1.29 is 18.7 Å². The van der Waals surface area contributed by atoms with E-state index >= 15 is 0 Å². The third kappa shape index (κ3) is 6.80. The summed E-state index contributed by atoms with van der Waals surface area (Å²) in [6.07, 6.45) is 8.61. The number of benzene rings is 2. The second kappa shape index (κ2) is 13.0. The molecule has 4 rings (SSSR count). The van der Waals surface area contributed by atoms with E-state index in [9.17, 15) is 0 Å². The van der Waals surface area contributed by atoms with E-state index in [0.29, 0.717) is 28.7 Å². The minimum atomic E-state index is 0.458. The maximum Gasteiger partial charge on any atom is -0.0535 e. The van der Waals surface area contributed by atoms with Gasteiger partial charge in [0.05, 0.1) is 0 Å². The van der Waals surface area contributed by atoms with E-state index in [-0.39, 0.29) is 0 Å². The van der Waals surface area contributed by atoms with Gasteiger partial charge in [-0.2, -0.15) is 6.07 Å². The second-order valence-corrected chi connectivity index (χ2v) is 11.7. The van der Waals surface area contributed by atoms with Crippen molar-refractivity contribution in [2.75, 3.05) is 0 Å². The molecule has 0 aliphatic heterocycles. The van der Waals surface area contributed by atoms with Crippen LogP contribution in [-0.4, -0.2) is 14.1 Å². The molecule has 0 aliphatic carbocycles. The van der Waals surface area contributed by atoms with Gasteiger partial charge in [-0.1, -0.05) is 17.4 Å². The molecule has 2 heterocycles. The fourth-order valence-electron chi connectivity index (χ4n) is 4.57. The first-order valence-electron chi connectivity index (χ1n) is 13.0. The summed E-state index contributed by atoms with van der Waals surface area (Å²) in [4.78, 5) is 3.63. The van der Waals surface area contributed by atoms with Crippen LogP contribution >= 0.6 is 11.6 Å². The Hall–Kier alpha value is -2.25. The molecule has 200 valence electrons. The first kappa shape index (κ1) is 29.3. The molecule has 0 amide bonds. The van der Waals surface area contributed by atoms with Crippen molar-refractivity contribution >= 4 is 11.6 Å². The second-order valence-electron chi connectivity index (χ2n) is 10.6. The van der Waals surface area contributed by atoms with E-state index in [0.717, 1.165) is 3.89 Å². The number of pyridine rings is 1. The van der Waals surface area contributed by atoms with Gasteiger partial charge in [-0.05, 0) is 0 Å². The van der Waals surface area contributed by atoms with Crippen LogP contribution in [0.3, 0.4) is 0 Å². The average molecular weight is 608 g/mol. The van der Waals surface area contributed by atoms with Gasteiger partial charge in [0.25, 0.3) is 0 Å². The summed E-state index contributed by atoms with van der Waals surface area (Å²) in [5, 5.41) is 0.558. The van der Waals surface area contributed by atoms with E-state index in [4.69, 9.17) is 11.6 Å². The number of rotatable bonds is 6. The number of halogens is 1. The standard InChI is InChI=1S/C27H36N2.C5H3ClN.Pd/c1-18(2)22-11-9-12-23(19(3)4)26(22)28-15-16-29(17-28)27-24(20(5)6)13-10-14-25(27)21(7)8;6-5-2-1-3-7-4-5;/h9-16,18-21H,1-8H3;1-3H;/q;-1;. The van der Waals surface area contributed by atoms with Crippen molar-refractivity contribution in [2.24, 2.45) is 0 Å². The first-order valence-corrected chi connectivity index (χ1v) is 14.2. The number of imidazole rings is 1. The van der Waals surface area contributed by atoms with E-state index in [2.05, 4.69) is 143 Å². The maximum atomic E-state index is 5.42. The van der Waals surface area contributed by atoms with Crippen LogP contribution in [0.2, 0.25) is 5.02 Å². The van der Waals surface area contributed by atoms with Crippen molar-refractivity contribution in [3.63, 3.8) is 0 Å².